The minimum Gasteiger partial charge on any atom is -0.320 e. The molecule has 0 aromatic heterocycles. The maximum absolute atomic E-state index is 12.9. The highest BCUT2D eigenvalue weighted by molar-refractivity contribution is 7.86. The van der Waals surface area contributed by atoms with E-state index < -0.39 is 10.2 Å². The summed E-state index contributed by atoms with van der Waals surface area (Å²) in [4.78, 5) is 0. The van der Waals surface area contributed by atoms with Crippen LogP contribution >= 0.6 is 0 Å². The van der Waals surface area contributed by atoms with Crippen molar-refractivity contribution in [1.82, 2.24) is 13.9 Å². The van der Waals surface area contributed by atoms with Crippen molar-refractivity contribution in [2.24, 2.45) is 5.92 Å². The van der Waals surface area contributed by atoms with Gasteiger partial charge in [-0.15, -0.1) is 0 Å². The number of nitrogens with one attached hydrogen (secondary N) is 1. The normalized spacial score (nSPS) is 21.3. The minimum atomic E-state index is -3.32. The molecule has 23 heavy (non-hydrogen) atoms. The van der Waals surface area contributed by atoms with Crippen LogP contribution in [0, 0.1) is 5.92 Å². The number of hydrogen-bond donors (Lipinski definition) is 1. The lowest BCUT2D eigenvalue weighted by molar-refractivity contribution is 0.242. The number of fused-ring (bicyclic) bond motifs is 1. The lowest BCUT2D eigenvalue weighted by Crippen LogP contribution is -2.48. The predicted octanol–water partition coefficient (Wildman–Crippen LogP) is 1.61. The maximum atomic E-state index is 12.9. The van der Waals surface area contributed by atoms with E-state index >= 15 is 0 Å². The van der Waals surface area contributed by atoms with Gasteiger partial charge in [0, 0.05) is 26.2 Å². The summed E-state index contributed by atoms with van der Waals surface area (Å²) in [6, 6.07) is 8.16. The van der Waals surface area contributed by atoms with Gasteiger partial charge in [-0.1, -0.05) is 24.3 Å². The second-order valence-electron chi connectivity index (χ2n) is 6.59. The molecule has 2 heterocycles. The van der Waals surface area contributed by atoms with Crippen LogP contribution in [0.3, 0.4) is 0 Å². The van der Waals surface area contributed by atoms with Crippen LogP contribution in [0.1, 0.15) is 30.4 Å². The molecule has 2 aliphatic rings. The smallest absolute Gasteiger partial charge is 0.282 e. The van der Waals surface area contributed by atoms with E-state index in [0.717, 1.165) is 37.8 Å². The Balaban J connectivity index is 1.62. The topological polar surface area (TPSA) is 52.7 Å². The third-order valence-corrected chi connectivity index (χ3v) is 7.11. The number of benzene rings is 1. The van der Waals surface area contributed by atoms with Gasteiger partial charge in [0.2, 0.25) is 0 Å². The molecular formula is C17H27N3O2S. The third-order valence-electron chi connectivity index (χ3n) is 5.12. The standard InChI is InChI=1S/C17H27N3O2S/c1-18-10-6-15-7-11-19(12-8-15)23(21,22)20-13-9-16-4-2-3-5-17(16)14-20/h2-5,15,18H,6-14H2,1H3. The molecule has 1 aromatic rings. The monoisotopic (exact) mass is 337 g/mol. The molecule has 6 heteroatoms. The molecule has 3 rings (SSSR count). The van der Waals surface area contributed by atoms with Crippen molar-refractivity contribution in [3.63, 3.8) is 0 Å². The fraction of sp³-hybridized carbons (Fsp3) is 0.647. The van der Waals surface area contributed by atoms with Crippen LogP contribution < -0.4 is 5.32 Å². The second-order valence-corrected chi connectivity index (χ2v) is 8.52. The van der Waals surface area contributed by atoms with Gasteiger partial charge in [-0.25, -0.2) is 0 Å². The summed E-state index contributed by atoms with van der Waals surface area (Å²) in [5, 5.41) is 3.18. The zero-order valence-corrected chi connectivity index (χ0v) is 14.7. The quantitative estimate of drug-likeness (QED) is 0.888. The van der Waals surface area contributed by atoms with Crippen LogP contribution in [0.5, 0.6) is 0 Å². The van der Waals surface area contributed by atoms with Crippen LogP contribution in [0.4, 0.5) is 0 Å². The van der Waals surface area contributed by atoms with Gasteiger partial charge in [0.25, 0.3) is 10.2 Å². The average molecular weight is 337 g/mol. The van der Waals surface area contributed by atoms with E-state index in [0.29, 0.717) is 32.1 Å². The van der Waals surface area contributed by atoms with E-state index in [4.69, 9.17) is 0 Å². The van der Waals surface area contributed by atoms with Crippen molar-refractivity contribution < 1.29 is 8.42 Å². The first kappa shape index (κ1) is 16.9. The molecule has 0 unspecified atom stereocenters. The van der Waals surface area contributed by atoms with Crippen LogP contribution in [0.15, 0.2) is 24.3 Å². The first-order valence-corrected chi connectivity index (χ1v) is 9.97. The molecule has 5 nitrogen and oxygen atoms in total. The van der Waals surface area contributed by atoms with Gasteiger partial charge in [-0.3, -0.25) is 0 Å². The lowest BCUT2D eigenvalue weighted by atomic mass is 9.95. The summed E-state index contributed by atoms with van der Waals surface area (Å²) in [6.45, 7) is 3.45. The minimum absolute atomic E-state index is 0.512. The van der Waals surface area contributed by atoms with Crippen molar-refractivity contribution >= 4 is 10.2 Å². The number of hydrogen-bond acceptors (Lipinski definition) is 3. The Labute approximate surface area is 139 Å². The molecule has 1 saturated heterocycles. The van der Waals surface area contributed by atoms with Crippen LogP contribution in [-0.4, -0.2) is 50.3 Å². The summed E-state index contributed by atoms with van der Waals surface area (Å²) in [7, 11) is -1.35. The molecule has 0 aliphatic carbocycles. The Bertz CT molecular complexity index is 624. The van der Waals surface area contributed by atoms with Crippen molar-refractivity contribution in [3.05, 3.63) is 35.4 Å². The van der Waals surface area contributed by atoms with Gasteiger partial charge >= 0.3 is 0 Å². The highest BCUT2D eigenvalue weighted by Crippen LogP contribution is 2.26. The third kappa shape index (κ3) is 3.76. The summed E-state index contributed by atoms with van der Waals surface area (Å²) in [5.74, 6) is 0.649. The van der Waals surface area contributed by atoms with E-state index in [9.17, 15) is 8.42 Å². The molecule has 1 fully saturated rings. The van der Waals surface area contributed by atoms with Crippen molar-refractivity contribution in [2.45, 2.75) is 32.2 Å². The fourth-order valence-corrected chi connectivity index (χ4v) is 5.23. The molecule has 0 bridgehead atoms. The molecule has 1 N–H and O–H groups in total. The van der Waals surface area contributed by atoms with E-state index in [-0.39, 0.29) is 0 Å². The molecule has 0 amide bonds. The largest absolute Gasteiger partial charge is 0.320 e. The summed E-state index contributed by atoms with van der Waals surface area (Å²) in [6.07, 6.45) is 3.91. The number of nitrogens with zero attached hydrogens (tertiary/aromatic N) is 2. The van der Waals surface area contributed by atoms with Crippen molar-refractivity contribution in [3.8, 4) is 0 Å². The molecule has 128 valence electrons. The Kier molecular flexibility index (Phi) is 5.36. The van der Waals surface area contributed by atoms with E-state index in [1.165, 1.54) is 5.56 Å². The molecule has 0 saturated carbocycles. The van der Waals surface area contributed by atoms with Gasteiger partial charge in [0.15, 0.2) is 0 Å². The van der Waals surface area contributed by atoms with Gasteiger partial charge in [-0.2, -0.15) is 17.0 Å². The Morgan fingerprint density at radius 2 is 1.78 bits per heavy atom. The Morgan fingerprint density at radius 1 is 1.09 bits per heavy atom. The fourth-order valence-electron chi connectivity index (χ4n) is 3.61. The van der Waals surface area contributed by atoms with Crippen LogP contribution in [0.2, 0.25) is 0 Å². The molecular weight excluding hydrogens is 310 g/mol. The first-order chi connectivity index (χ1) is 11.1. The van der Waals surface area contributed by atoms with Crippen molar-refractivity contribution in [1.29, 1.82) is 0 Å². The van der Waals surface area contributed by atoms with Gasteiger partial charge in [0.05, 0.1) is 0 Å². The number of piperidine rings is 1. The summed E-state index contributed by atoms with van der Waals surface area (Å²) < 4.78 is 29.2. The average Bonchev–Trinajstić information content (AvgIpc) is 2.60. The zero-order chi connectivity index (χ0) is 16.3. The van der Waals surface area contributed by atoms with Crippen molar-refractivity contribution in [2.75, 3.05) is 33.2 Å². The van der Waals surface area contributed by atoms with Crippen LogP contribution in [-0.2, 0) is 23.2 Å². The predicted molar refractivity (Wildman–Crippen MR) is 92.3 cm³/mol. The Morgan fingerprint density at radius 3 is 2.48 bits per heavy atom. The lowest BCUT2D eigenvalue weighted by Gasteiger charge is -2.36. The molecule has 0 spiro atoms. The van der Waals surface area contributed by atoms with Gasteiger partial charge in [0.1, 0.15) is 0 Å². The van der Waals surface area contributed by atoms with Gasteiger partial charge in [-0.05, 0) is 56.3 Å². The Hall–Kier alpha value is -0.950. The highest BCUT2D eigenvalue weighted by Gasteiger charge is 2.34. The second kappa shape index (κ2) is 7.30. The summed E-state index contributed by atoms with van der Waals surface area (Å²) in [5.41, 5.74) is 2.43. The maximum Gasteiger partial charge on any atom is 0.282 e. The van der Waals surface area contributed by atoms with E-state index in [1.807, 2.05) is 25.2 Å². The van der Waals surface area contributed by atoms with E-state index in [2.05, 4.69) is 11.4 Å². The molecule has 2 aliphatic heterocycles. The highest BCUT2D eigenvalue weighted by atomic mass is 32.2. The first-order valence-electron chi connectivity index (χ1n) is 8.58. The SMILES string of the molecule is CNCCC1CCN(S(=O)(=O)N2CCc3ccccc3C2)CC1. The summed E-state index contributed by atoms with van der Waals surface area (Å²) >= 11 is 0. The molecule has 0 radical (unpaired) electrons. The molecule has 1 aromatic carbocycles. The molecule has 0 atom stereocenters. The van der Waals surface area contributed by atoms with Gasteiger partial charge < -0.3 is 5.32 Å². The van der Waals surface area contributed by atoms with Crippen LogP contribution in [0.25, 0.3) is 0 Å². The zero-order valence-electron chi connectivity index (χ0n) is 13.9. The van der Waals surface area contributed by atoms with E-state index in [1.54, 1.807) is 8.61 Å². The number of rotatable bonds is 5.